The van der Waals surface area contributed by atoms with E-state index in [2.05, 4.69) is 17.6 Å². The summed E-state index contributed by atoms with van der Waals surface area (Å²) in [6, 6.07) is 7.31. The van der Waals surface area contributed by atoms with Crippen molar-refractivity contribution in [3.63, 3.8) is 0 Å². The SMILES string of the molecule is CCCCC1CCC(C(=O)Nc2cccc(NC(C)=O)c2)CC1. The van der Waals surface area contributed by atoms with Crippen molar-refractivity contribution in [3.8, 4) is 0 Å². The Bertz CT molecular complexity index is 534. The number of nitrogens with one attached hydrogen (secondary N) is 2. The summed E-state index contributed by atoms with van der Waals surface area (Å²) < 4.78 is 0. The predicted molar refractivity (Wildman–Crippen MR) is 94.3 cm³/mol. The molecule has 0 unspecified atom stereocenters. The molecule has 1 aromatic rings. The molecule has 0 radical (unpaired) electrons. The lowest BCUT2D eigenvalue weighted by atomic mass is 9.79. The minimum absolute atomic E-state index is 0.110. The zero-order valence-corrected chi connectivity index (χ0v) is 14.2. The average Bonchev–Trinajstić information content (AvgIpc) is 2.53. The Morgan fingerprint density at radius 2 is 1.74 bits per heavy atom. The molecule has 1 aromatic carbocycles. The highest BCUT2D eigenvalue weighted by Gasteiger charge is 2.25. The van der Waals surface area contributed by atoms with Crippen molar-refractivity contribution in [3.05, 3.63) is 24.3 Å². The van der Waals surface area contributed by atoms with Crippen LogP contribution in [0.1, 0.15) is 58.8 Å². The van der Waals surface area contributed by atoms with Crippen LogP contribution >= 0.6 is 0 Å². The molecule has 4 heteroatoms. The largest absolute Gasteiger partial charge is 0.326 e. The number of anilines is 2. The van der Waals surface area contributed by atoms with Crippen molar-refractivity contribution in [1.29, 1.82) is 0 Å². The molecule has 0 aromatic heterocycles. The number of hydrogen-bond acceptors (Lipinski definition) is 2. The summed E-state index contributed by atoms with van der Waals surface area (Å²) in [6.07, 6.45) is 8.19. The van der Waals surface area contributed by atoms with E-state index in [0.717, 1.165) is 24.4 Å². The first-order chi connectivity index (χ1) is 11.1. The Morgan fingerprint density at radius 3 is 2.35 bits per heavy atom. The highest BCUT2D eigenvalue weighted by molar-refractivity contribution is 5.94. The van der Waals surface area contributed by atoms with Gasteiger partial charge in [-0.05, 0) is 49.8 Å². The molecule has 23 heavy (non-hydrogen) atoms. The molecule has 1 fully saturated rings. The summed E-state index contributed by atoms with van der Waals surface area (Å²) in [5.74, 6) is 0.928. The summed E-state index contributed by atoms with van der Waals surface area (Å²) >= 11 is 0. The van der Waals surface area contributed by atoms with Crippen LogP contribution in [0.2, 0.25) is 0 Å². The fourth-order valence-corrected chi connectivity index (χ4v) is 3.33. The first-order valence-corrected chi connectivity index (χ1v) is 8.77. The van der Waals surface area contributed by atoms with Crippen LogP contribution in [0.3, 0.4) is 0 Å². The van der Waals surface area contributed by atoms with Gasteiger partial charge in [-0.1, -0.05) is 32.3 Å². The van der Waals surface area contributed by atoms with Crippen LogP contribution in [-0.4, -0.2) is 11.8 Å². The van der Waals surface area contributed by atoms with Gasteiger partial charge < -0.3 is 10.6 Å². The van der Waals surface area contributed by atoms with E-state index in [4.69, 9.17) is 0 Å². The minimum Gasteiger partial charge on any atom is -0.326 e. The second-order valence-corrected chi connectivity index (χ2v) is 6.61. The molecule has 2 rings (SSSR count). The van der Waals surface area contributed by atoms with E-state index in [1.54, 1.807) is 6.07 Å². The van der Waals surface area contributed by atoms with Gasteiger partial charge in [-0.2, -0.15) is 0 Å². The summed E-state index contributed by atoms with van der Waals surface area (Å²) in [7, 11) is 0. The van der Waals surface area contributed by atoms with Crippen molar-refractivity contribution in [2.24, 2.45) is 11.8 Å². The quantitative estimate of drug-likeness (QED) is 0.807. The van der Waals surface area contributed by atoms with Crippen molar-refractivity contribution in [2.75, 3.05) is 10.6 Å². The Morgan fingerprint density at radius 1 is 1.09 bits per heavy atom. The Labute approximate surface area is 139 Å². The van der Waals surface area contributed by atoms with Crippen molar-refractivity contribution >= 4 is 23.2 Å². The molecule has 0 spiro atoms. The van der Waals surface area contributed by atoms with Crippen LogP contribution in [0.25, 0.3) is 0 Å². The molecule has 126 valence electrons. The van der Waals surface area contributed by atoms with Crippen LogP contribution in [0.15, 0.2) is 24.3 Å². The van der Waals surface area contributed by atoms with Crippen molar-refractivity contribution in [1.82, 2.24) is 0 Å². The van der Waals surface area contributed by atoms with Gasteiger partial charge in [0, 0.05) is 24.2 Å². The Hall–Kier alpha value is -1.84. The van der Waals surface area contributed by atoms with Gasteiger partial charge in [-0.15, -0.1) is 0 Å². The first-order valence-electron chi connectivity index (χ1n) is 8.77. The molecule has 0 atom stereocenters. The molecular weight excluding hydrogens is 288 g/mol. The van der Waals surface area contributed by atoms with E-state index in [9.17, 15) is 9.59 Å². The van der Waals surface area contributed by atoms with Crippen LogP contribution in [0.4, 0.5) is 11.4 Å². The second kappa shape index (κ2) is 8.70. The van der Waals surface area contributed by atoms with Gasteiger partial charge >= 0.3 is 0 Å². The third-order valence-corrected chi connectivity index (χ3v) is 4.63. The predicted octanol–water partition coefficient (Wildman–Crippen LogP) is 4.58. The number of benzene rings is 1. The molecular formula is C19H28N2O2. The zero-order valence-electron chi connectivity index (χ0n) is 14.2. The monoisotopic (exact) mass is 316 g/mol. The maximum absolute atomic E-state index is 12.4. The molecule has 2 N–H and O–H groups in total. The lowest BCUT2D eigenvalue weighted by Crippen LogP contribution is -2.27. The molecule has 1 saturated carbocycles. The Balaban J connectivity index is 1.84. The number of carbonyl (C=O) groups excluding carboxylic acids is 2. The summed E-state index contributed by atoms with van der Waals surface area (Å²) in [5.41, 5.74) is 1.45. The van der Waals surface area contributed by atoms with Gasteiger partial charge in [-0.3, -0.25) is 9.59 Å². The smallest absolute Gasteiger partial charge is 0.227 e. The van der Waals surface area contributed by atoms with E-state index in [1.807, 2.05) is 18.2 Å². The molecule has 0 heterocycles. The van der Waals surface area contributed by atoms with Gasteiger partial charge in [0.05, 0.1) is 0 Å². The number of unbranched alkanes of at least 4 members (excludes halogenated alkanes) is 1. The zero-order chi connectivity index (χ0) is 16.7. The summed E-state index contributed by atoms with van der Waals surface area (Å²) in [4.78, 5) is 23.5. The standard InChI is InChI=1S/C19H28N2O2/c1-3-4-6-15-9-11-16(12-10-15)19(23)21-18-8-5-7-17(13-18)20-14(2)22/h5,7-8,13,15-16H,3-4,6,9-12H2,1-2H3,(H,20,22)(H,21,23). The van der Waals surface area contributed by atoms with Crippen LogP contribution in [-0.2, 0) is 9.59 Å². The maximum Gasteiger partial charge on any atom is 0.227 e. The van der Waals surface area contributed by atoms with Crippen LogP contribution < -0.4 is 10.6 Å². The number of amides is 2. The van der Waals surface area contributed by atoms with Gasteiger partial charge in [0.1, 0.15) is 0 Å². The van der Waals surface area contributed by atoms with E-state index in [0.29, 0.717) is 5.69 Å². The number of rotatable bonds is 6. The normalized spacial score (nSPS) is 20.8. The van der Waals surface area contributed by atoms with Gasteiger partial charge in [0.15, 0.2) is 0 Å². The van der Waals surface area contributed by atoms with E-state index in [-0.39, 0.29) is 17.7 Å². The highest BCUT2D eigenvalue weighted by Crippen LogP contribution is 2.32. The summed E-state index contributed by atoms with van der Waals surface area (Å²) in [6.45, 7) is 3.70. The van der Waals surface area contributed by atoms with Gasteiger partial charge in [0.2, 0.25) is 11.8 Å². The van der Waals surface area contributed by atoms with Crippen molar-refractivity contribution < 1.29 is 9.59 Å². The molecule has 0 bridgehead atoms. The molecule has 4 nitrogen and oxygen atoms in total. The number of carbonyl (C=O) groups is 2. The molecule has 1 aliphatic carbocycles. The fourth-order valence-electron chi connectivity index (χ4n) is 3.33. The van der Waals surface area contributed by atoms with Crippen LogP contribution in [0, 0.1) is 11.8 Å². The third-order valence-electron chi connectivity index (χ3n) is 4.63. The highest BCUT2D eigenvalue weighted by atomic mass is 16.2. The topological polar surface area (TPSA) is 58.2 Å². The third kappa shape index (κ3) is 5.70. The van der Waals surface area contributed by atoms with E-state index in [1.165, 1.54) is 39.0 Å². The lowest BCUT2D eigenvalue weighted by Gasteiger charge is -2.27. The molecule has 1 aliphatic rings. The molecule has 0 aliphatic heterocycles. The minimum atomic E-state index is -0.112. The summed E-state index contributed by atoms with van der Waals surface area (Å²) in [5, 5.41) is 5.73. The van der Waals surface area contributed by atoms with Crippen LogP contribution in [0.5, 0.6) is 0 Å². The molecule has 0 saturated heterocycles. The molecule has 2 amide bonds. The van der Waals surface area contributed by atoms with Gasteiger partial charge in [-0.25, -0.2) is 0 Å². The van der Waals surface area contributed by atoms with E-state index < -0.39 is 0 Å². The fraction of sp³-hybridized carbons (Fsp3) is 0.579. The van der Waals surface area contributed by atoms with E-state index >= 15 is 0 Å². The number of hydrogen-bond donors (Lipinski definition) is 2. The lowest BCUT2D eigenvalue weighted by molar-refractivity contribution is -0.121. The maximum atomic E-state index is 12.4. The second-order valence-electron chi connectivity index (χ2n) is 6.61. The van der Waals surface area contributed by atoms with Crippen molar-refractivity contribution in [2.45, 2.75) is 58.8 Å². The van der Waals surface area contributed by atoms with Gasteiger partial charge in [0.25, 0.3) is 0 Å². The first kappa shape index (κ1) is 17.5. The average molecular weight is 316 g/mol. The Kier molecular flexibility index (Phi) is 6.63.